The molecule has 0 aliphatic carbocycles. The predicted octanol–water partition coefficient (Wildman–Crippen LogP) is 2.54. The summed E-state index contributed by atoms with van der Waals surface area (Å²) in [6, 6.07) is 30.4. The summed E-state index contributed by atoms with van der Waals surface area (Å²) in [5, 5.41) is 25.5. The number of hydrogen-bond acceptors (Lipinski definition) is 10. The van der Waals surface area contributed by atoms with Crippen molar-refractivity contribution in [2.75, 3.05) is 53.0 Å². The van der Waals surface area contributed by atoms with Crippen LogP contribution in [0.4, 0.5) is 0 Å². The fraction of sp³-hybridized carbons (Fsp3) is 0.380. The first kappa shape index (κ1) is 48.1. The van der Waals surface area contributed by atoms with E-state index >= 15 is 0 Å². The fourth-order valence-corrected chi connectivity index (χ4v) is 8.26. The standard InChI is InChI=1S/C50H61N7O8/c1-64-41-18-16-38(17-19-41)37-14-12-35(13-15-37)30-43-48(62)54-33-40-11-6-5-10-39(40)31-45(59)55-42(47(61)53-26-29-65-28-24-51)22-25-52-44(58)20-21-46(60)57-27-7-23-50(34-57,49(63)56-43)32-36-8-3-2-4-9-36/h2-6,8-21,42-44,52,58H,7,22-34,51H2,1H3,(H,53,61)(H,54,62)(H,55,59)(H,56,63)/b21-20+/t42-,43-,44?,50-/m0/s1. The Balaban J connectivity index is 1.30. The minimum absolute atomic E-state index is 0.0589. The normalized spacial score (nSPS) is 21.9. The Morgan fingerprint density at radius 2 is 1.58 bits per heavy atom. The van der Waals surface area contributed by atoms with E-state index < -0.39 is 41.4 Å². The smallest absolute Gasteiger partial charge is 0.246 e. The highest BCUT2D eigenvalue weighted by Crippen LogP contribution is 2.35. The molecule has 1 unspecified atom stereocenters. The van der Waals surface area contributed by atoms with E-state index in [1.807, 2.05) is 91.0 Å². The van der Waals surface area contributed by atoms with Crippen LogP contribution in [0.25, 0.3) is 11.1 Å². The number of nitrogens with two attached hydrogens (primary N) is 1. The number of benzene rings is 4. The first-order valence-electron chi connectivity index (χ1n) is 22.2. The number of rotatable bonds is 12. The van der Waals surface area contributed by atoms with Crippen LogP contribution >= 0.6 is 0 Å². The highest BCUT2D eigenvalue weighted by molar-refractivity contribution is 5.93. The zero-order valence-corrected chi connectivity index (χ0v) is 36.9. The van der Waals surface area contributed by atoms with E-state index in [0.717, 1.165) is 28.0 Å². The van der Waals surface area contributed by atoms with Crippen LogP contribution in [0.5, 0.6) is 5.75 Å². The van der Waals surface area contributed by atoms with Crippen molar-refractivity contribution in [3.05, 3.63) is 138 Å². The van der Waals surface area contributed by atoms with Crippen LogP contribution in [0, 0.1) is 5.41 Å². The highest BCUT2D eigenvalue weighted by Gasteiger charge is 2.44. The molecule has 65 heavy (non-hydrogen) atoms. The summed E-state index contributed by atoms with van der Waals surface area (Å²) in [6.45, 7) is 1.79. The molecule has 1 saturated heterocycles. The molecule has 0 radical (unpaired) electrons. The van der Waals surface area contributed by atoms with Gasteiger partial charge in [0.15, 0.2) is 0 Å². The molecule has 0 aromatic heterocycles. The zero-order chi connectivity index (χ0) is 46.0. The van der Waals surface area contributed by atoms with Gasteiger partial charge in [-0.3, -0.25) is 29.3 Å². The maximum Gasteiger partial charge on any atom is 0.246 e. The third-order valence-corrected chi connectivity index (χ3v) is 11.8. The van der Waals surface area contributed by atoms with Gasteiger partial charge in [-0.25, -0.2) is 0 Å². The zero-order valence-electron chi connectivity index (χ0n) is 36.9. The molecule has 2 heterocycles. The summed E-state index contributed by atoms with van der Waals surface area (Å²) in [7, 11) is 1.62. The molecule has 0 spiro atoms. The topological polar surface area (TPSA) is 213 Å². The number of aliphatic hydroxyl groups is 1. The van der Waals surface area contributed by atoms with Crippen molar-refractivity contribution in [1.82, 2.24) is 31.5 Å². The lowest BCUT2D eigenvalue weighted by molar-refractivity contribution is -0.141. The Hall–Kier alpha value is -6.39. The number of carbonyl (C=O) groups is 5. The molecule has 4 aromatic rings. The summed E-state index contributed by atoms with van der Waals surface area (Å²) in [5.74, 6) is -1.26. The van der Waals surface area contributed by atoms with E-state index in [1.54, 1.807) is 24.1 Å². The fourth-order valence-electron chi connectivity index (χ4n) is 8.26. The molecule has 6 rings (SSSR count). The van der Waals surface area contributed by atoms with Gasteiger partial charge in [-0.05, 0) is 77.3 Å². The van der Waals surface area contributed by atoms with Crippen molar-refractivity contribution in [3.8, 4) is 16.9 Å². The van der Waals surface area contributed by atoms with Crippen molar-refractivity contribution >= 4 is 29.5 Å². The van der Waals surface area contributed by atoms with Crippen molar-refractivity contribution in [2.45, 2.75) is 63.4 Å². The number of hydrogen-bond donors (Lipinski definition) is 7. The van der Waals surface area contributed by atoms with Crippen molar-refractivity contribution in [1.29, 1.82) is 0 Å². The summed E-state index contributed by atoms with van der Waals surface area (Å²) >= 11 is 0. The molecule has 15 nitrogen and oxygen atoms in total. The largest absolute Gasteiger partial charge is 0.497 e. The van der Waals surface area contributed by atoms with E-state index in [0.29, 0.717) is 50.1 Å². The quantitative estimate of drug-likeness (QED) is 0.103. The molecule has 5 amide bonds. The summed E-state index contributed by atoms with van der Waals surface area (Å²) in [5.41, 5.74) is 9.43. The van der Waals surface area contributed by atoms with E-state index in [-0.39, 0.29) is 63.9 Å². The van der Waals surface area contributed by atoms with Gasteiger partial charge in [0.2, 0.25) is 29.5 Å². The molecule has 2 aliphatic heterocycles. The van der Waals surface area contributed by atoms with Crippen LogP contribution in [0.2, 0.25) is 0 Å². The van der Waals surface area contributed by atoms with Crippen LogP contribution in [-0.4, -0.2) is 111 Å². The number of amides is 5. The van der Waals surface area contributed by atoms with E-state index in [4.69, 9.17) is 15.2 Å². The van der Waals surface area contributed by atoms with Crippen LogP contribution in [0.15, 0.2) is 115 Å². The second-order valence-corrected chi connectivity index (χ2v) is 16.5. The Morgan fingerprint density at radius 3 is 2.31 bits per heavy atom. The maximum absolute atomic E-state index is 14.9. The molecule has 344 valence electrons. The van der Waals surface area contributed by atoms with Gasteiger partial charge in [0, 0.05) is 51.8 Å². The Morgan fingerprint density at radius 1 is 0.877 bits per heavy atom. The Labute approximate surface area is 380 Å². The lowest BCUT2D eigenvalue weighted by atomic mass is 9.74. The van der Waals surface area contributed by atoms with E-state index in [9.17, 15) is 29.1 Å². The number of aliphatic hydroxyl groups excluding tert-OH is 1. The van der Waals surface area contributed by atoms with Gasteiger partial charge in [-0.1, -0.05) is 91.0 Å². The molecular formula is C50H61N7O8. The Bertz CT molecular complexity index is 2240. The third kappa shape index (κ3) is 14.0. The molecule has 0 saturated carbocycles. The minimum atomic E-state index is -1.25. The number of piperidine rings is 1. The molecule has 8 N–H and O–H groups in total. The number of ether oxygens (including phenoxy) is 2. The number of methoxy groups -OCH3 is 1. The monoisotopic (exact) mass is 887 g/mol. The summed E-state index contributed by atoms with van der Waals surface area (Å²) in [4.78, 5) is 71.6. The second kappa shape index (κ2) is 24.1. The SMILES string of the molecule is COc1ccc(-c2ccc(C[C@@H]3NC(=O)[C@]4(Cc5ccccc5)CCCN(C4)C(=O)/C=C/C(O)NCC[C@@H](C(=O)NCCOCCN)NC(=O)Cc4ccccc4CNC3=O)cc2)cc1. The lowest BCUT2D eigenvalue weighted by Gasteiger charge is -2.42. The van der Waals surface area contributed by atoms with Crippen LogP contribution in [0.1, 0.15) is 41.5 Å². The van der Waals surface area contributed by atoms with Gasteiger partial charge in [0.05, 0.1) is 32.2 Å². The first-order valence-corrected chi connectivity index (χ1v) is 22.2. The van der Waals surface area contributed by atoms with Gasteiger partial charge in [0.1, 0.15) is 24.1 Å². The minimum Gasteiger partial charge on any atom is -0.497 e. The van der Waals surface area contributed by atoms with Crippen LogP contribution in [0.3, 0.4) is 0 Å². The maximum atomic E-state index is 14.9. The predicted molar refractivity (Wildman–Crippen MR) is 247 cm³/mol. The van der Waals surface area contributed by atoms with Crippen LogP contribution in [-0.2, 0) is 54.5 Å². The van der Waals surface area contributed by atoms with Gasteiger partial charge in [-0.15, -0.1) is 0 Å². The lowest BCUT2D eigenvalue weighted by Crippen LogP contribution is -2.58. The van der Waals surface area contributed by atoms with Crippen molar-refractivity contribution in [3.63, 3.8) is 0 Å². The molecule has 2 bridgehead atoms. The van der Waals surface area contributed by atoms with E-state index in [1.165, 1.54) is 12.2 Å². The summed E-state index contributed by atoms with van der Waals surface area (Å²) in [6.07, 6.45) is 2.88. The third-order valence-electron chi connectivity index (χ3n) is 11.8. The molecule has 1 fully saturated rings. The molecular weight excluding hydrogens is 827 g/mol. The highest BCUT2D eigenvalue weighted by atomic mass is 16.5. The van der Waals surface area contributed by atoms with Gasteiger partial charge in [0.25, 0.3) is 0 Å². The van der Waals surface area contributed by atoms with Crippen LogP contribution < -0.4 is 37.1 Å². The first-order chi connectivity index (χ1) is 31.6. The second-order valence-electron chi connectivity index (χ2n) is 16.5. The van der Waals surface area contributed by atoms with Gasteiger partial charge >= 0.3 is 0 Å². The van der Waals surface area contributed by atoms with Crippen molar-refractivity contribution < 1.29 is 38.6 Å². The van der Waals surface area contributed by atoms with Crippen molar-refractivity contribution in [2.24, 2.45) is 11.1 Å². The number of nitrogens with zero attached hydrogens (tertiary/aromatic N) is 1. The van der Waals surface area contributed by atoms with Gasteiger partial charge < -0.3 is 46.5 Å². The molecule has 4 aromatic carbocycles. The number of carbonyl (C=O) groups excluding carboxylic acids is 5. The number of fused-ring (bicyclic) bond motifs is 3. The number of nitrogens with one attached hydrogen (secondary N) is 5. The average Bonchev–Trinajstić information content (AvgIpc) is 3.32. The Kier molecular flexibility index (Phi) is 17.8. The average molecular weight is 888 g/mol. The van der Waals surface area contributed by atoms with Gasteiger partial charge in [-0.2, -0.15) is 0 Å². The summed E-state index contributed by atoms with van der Waals surface area (Å²) < 4.78 is 10.7. The molecule has 15 heteroatoms. The molecule has 2 aliphatic rings. The molecule has 4 atom stereocenters. The van der Waals surface area contributed by atoms with E-state index in [2.05, 4.69) is 26.6 Å².